The van der Waals surface area contributed by atoms with E-state index in [9.17, 15) is 4.79 Å². The van der Waals surface area contributed by atoms with Crippen LogP contribution in [0.2, 0.25) is 0 Å². The monoisotopic (exact) mass is 1280 g/mol. The zero-order valence-electron chi connectivity index (χ0n) is 62.4. The minimum absolute atomic E-state index is 0.108. The van der Waals surface area contributed by atoms with E-state index in [2.05, 4.69) is 64.9 Å². The highest BCUT2D eigenvalue weighted by Crippen LogP contribution is 2.72. The first-order valence-electron chi connectivity index (χ1n) is 41.4. The minimum atomic E-state index is -1.42. The standard InChI is InChI=1S/C82H157N5O4/c1-9-17-25-33-41-49-57-65-73-84-74-75(85-77(83)86-76(74)88)87(73)82(72-64-56-48-40-32-24-16-8)78(66-58-50-42-34-26-18-10-2,67-59-51-43-35-27-19-11-3)80(90,70-62-54-46-38-30-22-14-6)81(91-82,71-63-55-47-39-31-23-15-7)79(89,68-60-52-44-36-28-20-12-4)69-61-53-45-37-29-21-13-5/h89-90H,9-72H2,1-8H3,(H3,83,85,86,88)/t80-,81+,82+/m0/s1. The van der Waals surface area contributed by atoms with E-state index in [1.807, 2.05) is 0 Å². The third-order valence-corrected chi connectivity index (χ3v) is 22.5. The zero-order valence-corrected chi connectivity index (χ0v) is 62.4. The molecule has 0 aliphatic carbocycles. The first kappa shape index (κ1) is 83.3. The Balaban J connectivity index is 2.74. The molecule has 0 saturated carbocycles. The van der Waals surface area contributed by atoms with E-state index in [-0.39, 0.29) is 11.5 Å². The normalized spacial score (nSPS) is 18.4. The second kappa shape index (κ2) is 51.3. The number of nitrogen functional groups attached to an aromatic ring is 1. The van der Waals surface area contributed by atoms with Crippen molar-refractivity contribution >= 4 is 17.1 Å². The summed E-state index contributed by atoms with van der Waals surface area (Å²) in [6, 6.07) is 0. The third kappa shape index (κ3) is 27.8. The van der Waals surface area contributed by atoms with Crippen LogP contribution in [0, 0.1) is 5.41 Å². The molecule has 1 fully saturated rings. The van der Waals surface area contributed by atoms with Crippen molar-refractivity contribution in [2.45, 2.75) is 489 Å². The maximum atomic E-state index is 16.3. The summed E-state index contributed by atoms with van der Waals surface area (Å²) >= 11 is 0. The molecule has 3 heterocycles. The first-order chi connectivity index (χ1) is 44.5. The highest BCUT2D eigenvalue weighted by Gasteiger charge is 2.81. The lowest BCUT2D eigenvalue weighted by Gasteiger charge is -2.56. The van der Waals surface area contributed by atoms with Crippen molar-refractivity contribution in [3.8, 4) is 0 Å². The highest BCUT2D eigenvalue weighted by molar-refractivity contribution is 5.72. The second-order valence-electron chi connectivity index (χ2n) is 30.1. The number of aromatic amines is 1. The van der Waals surface area contributed by atoms with Crippen molar-refractivity contribution in [3.05, 3.63) is 16.2 Å². The fraction of sp³-hybridized carbons (Fsp3) is 0.939. The predicted molar refractivity (Wildman–Crippen MR) is 397 cm³/mol. The van der Waals surface area contributed by atoms with Gasteiger partial charge in [0.05, 0.1) is 11.0 Å². The van der Waals surface area contributed by atoms with E-state index in [1.165, 1.54) is 238 Å². The summed E-state index contributed by atoms with van der Waals surface area (Å²) in [5.74, 6) is 0.975. The predicted octanol–water partition coefficient (Wildman–Crippen LogP) is 25.9. The molecule has 2 aromatic heterocycles. The number of fused-ring (bicyclic) bond motifs is 1. The van der Waals surface area contributed by atoms with Gasteiger partial charge in [0, 0.05) is 6.42 Å². The van der Waals surface area contributed by atoms with Gasteiger partial charge in [-0.1, -0.05) is 402 Å². The molecular formula is C82H157N5O4. The number of hydrogen-bond acceptors (Lipinski definition) is 7. The Kier molecular flexibility index (Phi) is 46.9. The van der Waals surface area contributed by atoms with Crippen LogP contribution in [0.25, 0.3) is 11.2 Å². The second-order valence-corrected chi connectivity index (χ2v) is 30.1. The van der Waals surface area contributed by atoms with Gasteiger partial charge in [-0.2, -0.15) is 4.98 Å². The molecule has 9 nitrogen and oxygen atoms in total. The summed E-state index contributed by atoms with van der Waals surface area (Å²) in [5, 5.41) is 31.6. The van der Waals surface area contributed by atoms with Crippen LogP contribution in [0.1, 0.15) is 466 Å². The molecule has 3 atom stereocenters. The molecule has 0 bridgehead atoms. The van der Waals surface area contributed by atoms with Crippen LogP contribution in [0.5, 0.6) is 0 Å². The number of nitrogens with two attached hydrogens (primary N) is 1. The Morgan fingerprint density at radius 1 is 0.396 bits per heavy atom. The Bertz CT molecular complexity index is 2030. The summed E-state index contributed by atoms with van der Waals surface area (Å²) in [7, 11) is 0. The Labute approximate surface area is 564 Å². The Hall–Kier alpha value is -1.97. The minimum Gasteiger partial charge on any atom is -0.387 e. The van der Waals surface area contributed by atoms with Crippen LogP contribution in [0.3, 0.4) is 0 Å². The Morgan fingerprint density at radius 3 is 1.05 bits per heavy atom. The van der Waals surface area contributed by atoms with Crippen molar-refractivity contribution in [2.24, 2.45) is 5.41 Å². The summed E-state index contributed by atoms with van der Waals surface area (Å²) in [6.45, 7) is 18.5. The molecule has 1 aliphatic heterocycles. The maximum absolute atomic E-state index is 16.3. The van der Waals surface area contributed by atoms with Crippen molar-refractivity contribution in [1.82, 2.24) is 19.5 Å². The van der Waals surface area contributed by atoms with E-state index in [0.717, 1.165) is 141 Å². The van der Waals surface area contributed by atoms with Gasteiger partial charge in [0.1, 0.15) is 17.0 Å². The number of ether oxygens (including phenoxy) is 1. The van der Waals surface area contributed by atoms with Gasteiger partial charge in [-0.3, -0.25) is 14.3 Å². The van der Waals surface area contributed by atoms with E-state index >= 15 is 10.2 Å². The molecular weight excluding hydrogens is 1120 g/mol. The molecule has 1 aliphatic rings. The molecule has 3 rings (SSSR count). The van der Waals surface area contributed by atoms with Gasteiger partial charge in [0.15, 0.2) is 16.9 Å². The molecule has 2 aromatic rings. The lowest BCUT2D eigenvalue weighted by atomic mass is 9.51. The van der Waals surface area contributed by atoms with Crippen LogP contribution in [-0.2, 0) is 16.9 Å². The molecule has 534 valence electrons. The number of H-pyrrole nitrogens is 1. The van der Waals surface area contributed by atoms with Gasteiger partial charge in [-0.15, -0.1) is 0 Å². The SMILES string of the molecule is CCCCCCCCCc1nc2c(=O)[nH]c(N)nc2n1[C@]1(CCCCCCCCC)O[C@](CCCCCCCCC)(C(O)(CCCCCCCCC)CCCCCCCCC)[C@](O)(CCCCCCCCC)C1(CCCCCCCCC)CCCCCCCCC. The Morgan fingerprint density at radius 2 is 0.692 bits per heavy atom. The molecule has 1 saturated heterocycles. The van der Waals surface area contributed by atoms with Gasteiger partial charge in [-0.25, -0.2) is 4.98 Å². The van der Waals surface area contributed by atoms with Gasteiger partial charge in [0.25, 0.3) is 5.56 Å². The largest absolute Gasteiger partial charge is 0.387 e. The lowest BCUT2D eigenvalue weighted by molar-refractivity contribution is -0.274. The van der Waals surface area contributed by atoms with E-state index < -0.39 is 27.9 Å². The fourth-order valence-corrected chi connectivity index (χ4v) is 17.0. The number of aromatic nitrogens is 4. The number of nitrogens with zero attached hydrogens (tertiary/aromatic N) is 3. The summed E-state index contributed by atoms with van der Waals surface area (Å²) < 4.78 is 11.6. The van der Waals surface area contributed by atoms with Crippen LogP contribution in [0.4, 0.5) is 5.95 Å². The van der Waals surface area contributed by atoms with Crippen molar-refractivity contribution < 1.29 is 14.9 Å². The molecule has 0 spiro atoms. The van der Waals surface area contributed by atoms with Gasteiger partial charge in [0.2, 0.25) is 5.95 Å². The molecule has 0 amide bonds. The molecule has 0 unspecified atom stereocenters. The highest BCUT2D eigenvalue weighted by atomic mass is 16.6. The number of rotatable bonds is 66. The molecule has 0 aromatic carbocycles. The number of aliphatic hydroxyl groups is 2. The van der Waals surface area contributed by atoms with Gasteiger partial charge < -0.3 is 20.7 Å². The van der Waals surface area contributed by atoms with Crippen molar-refractivity contribution in [3.63, 3.8) is 0 Å². The van der Waals surface area contributed by atoms with Crippen LogP contribution >= 0.6 is 0 Å². The van der Waals surface area contributed by atoms with Gasteiger partial charge in [-0.05, 0) is 57.8 Å². The number of nitrogens with one attached hydrogen (secondary N) is 1. The molecule has 5 N–H and O–H groups in total. The maximum Gasteiger partial charge on any atom is 0.280 e. The lowest BCUT2D eigenvalue weighted by Crippen LogP contribution is -2.70. The van der Waals surface area contributed by atoms with Crippen molar-refractivity contribution in [1.29, 1.82) is 0 Å². The fourth-order valence-electron chi connectivity index (χ4n) is 17.0. The molecule has 91 heavy (non-hydrogen) atoms. The van der Waals surface area contributed by atoms with E-state index in [0.29, 0.717) is 49.7 Å². The van der Waals surface area contributed by atoms with Gasteiger partial charge >= 0.3 is 0 Å². The number of hydrogen-bond donors (Lipinski definition) is 4. The van der Waals surface area contributed by atoms with Crippen LogP contribution in [-0.4, -0.2) is 46.5 Å². The quantitative estimate of drug-likeness (QED) is 0.0484. The number of aryl methyl sites for hydroxylation is 1. The van der Waals surface area contributed by atoms with Crippen LogP contribution < -0.4 is 11.3 Å². The molecule has 9 heteroatoms. The molecule has 0 radical (unpaired) electrons. The van der Waals surface area contributed by atoms with E-state index in [4.69, 9.17) is 20.4 Å². The average molecular weight is 1280 g/mol. The van der Waals surface area contributed by atoms with Crippen molar-refractivity contribution in [2.75, 3.05) is 5.73 Å². The van der Waals surface area contributed by atoms with Crippen LogP contribution in [0.15, 0.2) is 4.79 Å². The summed E-state index contributed by atoms with van der Waals surface area (Å²) in [4.78, 5) is 28.6. The third-order valence-electron chi connectivity index (χ3n) is 22.5. The topological polar surface area (TPSA) is 139 Å². The number of imidazole rings is 1. The average Bonchev–Trinajstić information content (AvgIpc) is 1.49. The number of unbranched alkanes of at least 4 members (excludes halogenated alkanes) is 48. The smallest absolute Gasteiger partial charge is 0.280 e. The first-order valence-corrected chi connectivity index (χ1v) is 41.4. The summed E-state index contributed by atoms with van der Waals surface area (Å²) in [6.07, 6.45) is 71.0. The van der Waals surface area contributed by atoms with E-state index in [1.54, 1.807) is 0 Å². The zero-order chi connectivity index (χ0) is 66.0. The number of anilines is 1. The summed E-state index contributed by atoms with van der Waals surface area (Å²) in [5.41, 5.74) is 1.37.